The number of hydrogen-bond acceptors (Lipinski definition) is 1. The summed E-state index contributed by atoms with van der Waals surface area (Å²) < 4.78 is 0. The first-order chi connectivity index (χ1) is 36.2. The second-order valence-corrected chi connectivity index (χ2v) is 18.5. The Morgan fingerprint density at radius 1 is 0.137 bits per heavy atom. The van der Waals surface area contributed by atoms with E-state index in [4.69, 9.17) is 0 Å². The van der Waals surface area contributed by atoms with Crippen LogP contribution in [-0.4, -0.2) is 0 Å². The molecule has 0 aliphatic heterocycles. The van der Waals surface area contributed by atoms with Crippen LogP contribution in [0.2, 0.25) is 0 Å². The molecule has 12 rings (SSSR count). The number of hydrogen-bond donors (Lipinski definition) is 0. The maximum atomic E-state index is 2.37. The second-order valence-electron chi connectivity index (χ2n) is 18.5. The molecule has 0 atom stereocenters. The van der Waals surface area contributed by atoms with Crippen LogP contribution in [0.1, 0.15) is 0 Å². The van der Waals surface area contributed by atoms with Crippen molar-refractivity contribution in [2.24, 2.45) is 0 Å². The molecule has 0 N–H and O–H groups in total. The molecule has 0 aliphatic carbocycles. The van der Waals surface area contributed by atoms with Crippen LogP contribution < -0.4 is 4.90 Å². The quantitative estimate of drug-likeness (QED) is 0.118. The summed E-state index contributed by atoms with van der Waals surface area (Å²) in [6, 6.07) is 112. The highest BCUT2D eigenvalue weighted by Gasteiger charge is 2.18. The van der Waals surface area contributed by atoms with Gasteiger partial charge in [-0.25, -0.2) is 0 Å². The van der Waals surface area contributed by atoms with Crippen molar-refractivity contribution in [3.8, 4) is 100 Å². The molecule has 0 unspecified atom stereocenters. The van der Waals surface area contributed by atoms with Gasteiger partial charge in [-0.2, -0.15) is 0 Å². The van der Waals surface area contributed by atoms with Gasteiger partial charge >= 0.3 is 0 Å². The lowest BCUT2D eigenvalue weighted by molar-refractivity contribution is 1.28. The minimum atomic E-state index is 1.07. The first-order valence-electron chi connectivity index (χ1n) is 25.1. The largest absolute Gasteiger partial charge is 0.311 e. The predicted molar refractivity (Wildman–Crippen MR) is 310 cm³/mol. The standard InChI is InChI=1S/C72H51N/c1-6-20-52(21-7-1)57-34-40-66(41-35-57)73(67-42-36-58(37-43-67)69-30-16-18-32-71(69)64-48-60(53-22-8-2-9-23-53)46-61(49-64)54-24-10-3-11-25-54)68-44-38-59(39-45-68)70-31-17-19-33-72(70)65-50-62(55-26-12-4-13-27-55)47-63(51-65)56-28-14-5-15-29-56/h1-51H. The molecular weight excluding hydrogens is 879 g/mol. The van der Waals surface area contributed by atoms with Crippen molar-refractivity contribution in [3.63, 3.8) is 0 Å². The lowest BCUT2D eigenvalue weighted by Gasteiger charge is -2.26. The molecule has 0 saturated carbocycles. The van der Waals surface area contributed by atoms with E-state index >= 15 is 0 Å². The van der Waals surface area contributed by atoms with Gasteiger partial charge in [-0.3, -0.25) is 0 Å². The van der Waals surface area contributed by atoms with Gasteiger partial charge in [-0.1, -0.05) is 237 Å². The van der Waals surface area contributed by atoms with Crippen LogP contribution in [0.5, 0.6) is 0 Å². The molecule has 12 aromatic carbocycles. The molecule has 0 aliphatic rings. The van der Waals surface area contributed by atoms with E-state index in [1.807, 2.05) is 0 Å². The Labute approximate surface area is 429 Å². The summed E-state index contributed by atoms with van der Waals surface area (Å²) >= 11 is 0. The molecule has 1 heteroatoms. The van der Waals surface area contributed by atoms with E-state index in [0.29, 0.717) is 0 Å². The SMILES string of the molecule is c1ccc(-c2ccc(N(c3ccc(-c4ccccc4-c4cc(-c5ccccc5)cc(-c5ccccc5)c4)cc3)c3ccc(-c4ccccc4-c4cc(-c5ccccc5)cc(-c5ccccc5)c4)cc3)cc2)cc1. The van der Waals surface area contributed by atoms with Gasteiger partial charge in [0.05, 0.1) is 0 Å². The van der Waals surface area contributed by atoms with Crippen molar-refractivity contribution >= 4 is 17.1 Å². The Bertz CT molecular complexity index is 3440. The van der Waals surface area contributed by atoms with Gasteiger partial charge in [0, 0.05) is 17.1 Å². The average Bonchev–Trinajstić information content (AvgIpc) is 3.48. The van der Waals surface area contributed by atoms with Crippen LogP contribution in [0, 0.1) is 0 Å². The van der Waals surface area contributed by atoms with Crippen LogP contribution in [0.4, 0.5) is 17.1 Å². The lowest BCUT2D eigenvalue weighted by Crippen LogP contribution is -2.09. The van der Waals surface area contributed by atoms with E-state index in [9.17, 15) is 0 Å². The molecule has 0 spiro atoms. The van der Waals surface area contributed by atoms with Gasteiger partial charge in [0.25, 0.3) is 0 Å². The third-order valence-corrected chi connectivity index (χ3v) is 13.9. The number of rotatable bonds is 12. The molecule has 0 saturated heterocycles. The zero-order chi connectivity index (χ0) is 48.8. The van der Waals surface area contributed by atoms with E-state index in [1.54, 1.807) is 0 Å². The van der Waals surface area contributed by atoms with Crippen molar-refractivity contribution in [1.82, 2.24) is 0 Å². The number of nitrogens with zero attached hydrogens (tertiary/aromatic N) is 1. The Kier molecular flexibility index (Phi) is 12.5. The summed E-state index contributed by atoms with van der Waals surface area (Å²) in [6.45, 7) is 0. The minimum Gasteiger partial charge on any atom is -0.311 e. The fraction of sp³-hybridized carbons (Fsp3) is 0. The molecule has 0 fully saturated rings. The van der Waals surface area contributed by atoms with Gasteiger partial charge in [0.1, 0.15) is 0 Å². The maximum absolute atomic E-state index is 2.37. The van der Waals surface area contributed by atoms with Crippen molar-refractivity contribution in [2.75, 3.05) is 4.90 Å². The molecule has 0 aromatic heterocycles. The Hall–Kier alpha value is -9.56. The average molecular weight is 930 g/mol. The monoisotopic (exact) mass is 929 g/mol. The van der Waals surface area contributed by atoms with Gasteiger partial charge in [-0.15, -0.1) is 0 Å². The van der Waals surface area contributed by atoms with Crippen LogP contribution in [0.3, 0.4) is 0 Å². The third kappa shape index (κ3) is 9.56. The van der Waals surface area contributed by atoms with E-state index in [2.05, 4.69) is 314 Å². The molecule has 1 nitrogen and oxygen atoms in total. The Morgan fingerprint density at radius 2 is 0.329 bits per heavy atom. The highest BCUT2D eigenvalue weighted by atomic mass is 15.1. The molecule has 0 amide bonds. The van der Waals surface area contributed by atoms with Crippen molar-refractivity contribution in [1.29, 1.82) is 0 Å². The second kappa shape index (κ2) is 20.4. The highest BCUT2D eigenvalue weighted by Crippen LogP contribution is 2.43. The minimum absolute atomic E-state index is 1.07. The number of benzene rings is 12. The van der Waals surface area contributed by atoms with Gasteiger partial charge < -0.3 is 4.90 Å². The van der Waals surface area contributed by atoms with Crippen molar-refractivity contribution < 1.29 is 0 Å². The van der Waals surface area contributed by atoms with E-state index in [-0.39, 0.29) is 0 Å². The van der Waals surface area contributed by atoms with E-state index in [0.717, 1.165) is 28.2 Å². The first kappa shape index (κ1) is 44.6. The Balaban J connectivity index is 0.922. The topological polar surface area (TPSA) is 3.24 Å². The highest BCUT2D eigenvalue weighted by molar-refractivity contribution is 5.92. The van der Waals surface area contributed by atoms with Crippen LogP contribution >= 0.6 is 0 Å². The van der Waals surface area contributed by atoms with Crippen LogP contribution in [0.25, 0.3) is 100 Å². The summed E-state index contributed by atoms with van der Waals surface area (Å²) in [5.41, 5.74) is 24.6. The first-order valence-corrected chi connectivity index (χ1v) is 25.1. The summed E-state index contributed by atoms with van der Waals surface area (Å²) in [4.78, 5) is 2.37. The van der Waals surface area contributed by atoms with Crippen LogP contribution in [-0.2, 0) is 0 Å². The fourth-order valence-electron chi connectivity index (χ4n) is 10.2. The maximum Gasteiger partial charge on any atom is 0.0462 e. The normalized spacial score (nSPS) is 11.0. The summed E-state index contributed by atoms with van der Waals surface area (Å²) in [6.07, 6.45) is 0. The molecular formula is C72H51N. The molecule has 0 heterocycles. The zero-order valence-corrected chi connectivity index (χ0v) is 40.4. The fourth-order valence-corrected chi connectivity index (χ4v) is 10.2. The van der Waals surface area contributed by atoms with Gasteiger partial charge in [0.2, 0.25) is 0 Å². The predicted octanol–water partition coefficient (Wildman–Crippen LogP) is 20.2. The lowest BCUT2D eigenvalue weighted by atomic mass is 9.89. The van der Waals surface area contributed by atoms with Crippen LogP contribution in [0.15, 0.2) is 309 Å². The summed E-state index contributed by atoms with van der Waals surface area (Å²) in [5, 5.41) is 0. The molecule has 73 heavy (non-hydrogen) atoms. The molecule has 0 bridgehead atoms. The Morgan fingerprint density at radius 3 is 0.603 bits per heavy atom. The third-order valence-electron chi connectivity index (χ3n) is 13.9. The molecule has 0 radical (unpaired) electrons. The summed E-state index contributed by atoms with van der Waals surface area (Å²) in [5.74, 6) is 0. The van der Waals surface area contributed by atoms with E-state index in [1.165, 1.54) is 89.0 Å². The smallest absolute Gasteiger partial charge is 0.0462 e. The summed E-state index contributed by atoms with van der Waals surface area (Å²) in [7, 11) is 0. The number of anilines is 3. The van der Waals surface area contributed by atoms with Gasteiger partial charge in [-0.05, 0) is 173 Å². The molecule has 344 valence electrons. The molecule has 12 aromatic rings. The zero-order valence-electron chi connectivity index (χ0n) is 40.4. The van der Waals surface area contributed by atoms with E-state index < -0.39 is 0 Å². The van der Waals surface area contributed by atoms with Gasteiger partial charge in [0.15, 0.2) is 0 Å². The van der Waals surface area contributed by atoms with Crippen molar-refractivity contribution in [2.45, 2.75) is 0 Å². The van der Waals surface area contributed by atoms with Crippen molar-refractivity contribution in [3.05, 3.63) is 309 Å².